The van der Waals surface area contributed by atoms with E-state index in [0.29, 0.717) is 26.4 Å². The number of halogens is 1. The maximum atomic E-state index is 12.7. The van der Waals surface area contributed by atoms with Crippen molar-refractivity contribution in [3.05, 3.63) is 98.9 Å². The van der Waals surface area contributed by atoms with E-state index >= 15 is 0 Å². The summed E-state index contributed by atoms with van der Waals surface area (Å²) in [5.41, 5.74) is 2.69. The van der Waals surface area contributed by atoms with E-state index in [-0.39, 0.29) is 17.8 Å². The largest absolute Gasteiger partial charge is 0.488 e. The minimum atomic E-state index is -0.342. The van der Waals surface area contributed by atoms with Crippen LogP contribution >= 0.6 is 27.7 Å². The van der Waals surface area contributed by atoms with E-state index in [1.165, 1.54) is 4.90 Å². The Morgan fingerprint density at radius 2 is 1.77 bits per heavy atom. The van der Waals surface area contributed by atoms with Crippen LogP contribution in [0.2, 0.25) is 0 Å². The van der Waals surface area contributed by atoms with Crippen LogP contribution in [0.1, 0.15) is 16.7 Å². The first-order chi connectivity index (χ1) is 15.1. The molecular weight excluding hydrogens is 476 g/mol. The summed E-state index contributed by atoms with van der Waals surface area (Å²) in [6, 6.07) is 23.7. The number of thioether (sulfide) groups is 1. The normalized spacial score (nSPS) is 14.7. The first-order valence-electron chi connectivity index (χ1n) is 9.30. The highest BCUT2D eigenvalue weighted by atomic mass is 79.9. The number of nitrogens with zero attached hydrogens (tertiary/aromatic N) is 2. The molecule has 31 heavy (non-hydrogen) atoms. The number of imide groups is 1. The van der Waals surface area contributed by atoms with Gasteiger partial charge in [-0.2, -0.15) is 5.26 Å². The number of hydrogen-bond donors (Lipinski definition) is 0. The van der Waals surface area contributed by atoms with Crippen LogP contribution < -0.4 is 9.64 Å². The van der Waals surface area contributed by atoms with E-state index in [2.05, 4.69) is 22.0 Å². The summed E-state index contributed by atoms with van der Waals surface area (Å²) >= 11 is 4.41. The topological polar surface area (TPSA) is 70.4 Å². The van der Waals surface area contributed by atoms with Gasteiger partial charge < -0.3 is 4.74 Å². The number of ether oxygens (including phenoxy) is 1. The summed E-state index contributed by atoms with van der Waals surface area (Å²) in [6.45, 7) is 0.262. The van der Waals surface area contributed by atoms with Crippen LogP contribution in [0, 0.1) is 11.3 Å². The molecule has 0 radical (unpaired) electrons. The number of anilines is 1. The molecule has 0 saturated carbocycles. The van der Waals surface area contributed by atoms with E-state index in [9.17, 15) is 14.9 Å². The second-order valence-corrected chi connectivity index (χ2v) is 8.45. The molecule has 1 aliphatic heterocycles. The number of carbonyl (C=O) groups is 2. The van der Waals surface area contributed by atoms with E-state index in [1.807, 2.05) is 36.4 Å². The monoisotopic (exact) mass is 490 g/mol. The van der Waals surface area contributed by atoms with Crippen molar-refractivity contribution in [1.29, 1.82) is 5.26 Å². The van der Waals surface area contributed by atoms with Gasteiger partial charge in [-0.25, -0.2) is 4.90 Å². The van der Waals surface area contributed by atoms with Gasteiger partial charge in [-0.1, -0.05) is 42.5 Å². The number of hydrogen-bond acceptors (Lipinski definition) is 5. The standard InChI is InChI=1S/C24H15BrN2O3S/c25-20-12-16(10-11-21(20)30-15-18-7-5-4-6-17(18)14-26)13-22-23(28)27(24(29)31-22)19-8-2-1-3-9-19/h1-13H,15H2/b22-13-. The first kappa shape index (κ1) is 20.9. The van der Waals surface area contributed by atoms with Crippen LogP contribution in [-0.4, -0.2) is 11.1 Å². The molecule has 1 fully saturated rings. The minimum absolute atomic E-state index is 0.262. The zero-order valence-electron chi connectivity index (χ0n) is 16.1. The quantitative estimate of drug-likeness (QED) is 0.401. The van der Waals surface area contributed by atoms with Crippen molar-refractivity contribution in [3.63, 3.8) is 0 Å². The molecule has 1 saturated heterocycles. The van der Waals surface area contributed by atoms with Crippen LogP contribution in [0.5, 0.6) is 5.75 Å². The van der Waals surface area contributed by atoms with Crippen molar-refractivity contribution in [2.45, 2.75) is 6.61 Å². The second-order valence-electron chi connectivity index (χ2n) is 6.60. The lowest BCUT2D eigenvalue weighted by Gasteiger charge is -2.11. The molecule has 1 heterocycles. The molecule has 4 rings (SSSR count). The lowest BCUT2D eigenvalue weighted by Crippen LogP contribution is -2.27. The highest BCUT2D eigenvalue weighted by molar-refractivity contribution is 9.10. The SMILES string of the molecule is N#Cc1ccccc1COc1ccc(/C=C2\SC(=O)N(c3ccccc3)C2=O)cc1Br. The van der Waals surface area contributed by atoms with Gasteiger partial charge in [0.25, 0.3) is 11.1 Å². The van der Waals surface area contributed by atoms with Gasteiger partial charge in [-0.3, -0.25) is 9.59 Å². The van der Waals surface area contributed by atoms with Gasteiger partial charge in [0.2, 0.25) is 0 Å². The van der Waals surface area contributed by atoms with Gasteiger partial charge in [-0.15, -0.1) is 0 Å². The van der Waals surface area contributed by atoms with Crippen molar-refractivity contribution in [1.82, 2.24) is 0 Å². The Kier molecular flexibility index (Phi) is 6.21. The highest BCUT2D eigenvalue weighted by Gasteiger charge is 2.36. The summed E-state index contributed by atoms with van der Waals surface area (Å²) in [5.74, 6) is 0.271. The average Bonchev–Trinajstić information content (AvgIpc) is 3.06. The van der Waals surface area contributed by atoms with E-state index in [1.54, 1.807) is 42.5 Å². The number of nitriles is 1. The number of rotatable bonds is 5. The maximum absolute atomic E-state index is 12.7. The molecule has 7 heteroatoms. The van der Waals surface area contributed by atoms with E-state index in [4.69, 9.17) is 4.74 Å². The lowest BCUT2D eigenvalue weighted by atomic mass is 10.1. The average molecular weight is 491 g/mol. The maximum Gasteiger partial charge on any atom is 0.298 e. The smallest absolute Gasteiger partial charge is 0.298 e. The third kappa shape index (κ3) is 4.55. The number of benzene rings is 3. The summed E-state index contributed by atoms with van der Waals surface area (Å²) in [7, 11) is 0. The Balaban J connectivity index is 1.51. The molecule has 0 aliphatic carbocycles. The van der Waals surface area contributed by atoms with Crippen LogP contribution in [0.4, 0.5) is 10.5 Å². The lowest BCUT2D eigenvalue weighted by molar-refractivity contribution is -0.113. The summed E-state index contributed by atoms with van der Waals surface area (Å²) in [6.07, 6.45) is 1.69. The van der Waals surface area contributed by atoms with Gasteiger partial charge in [0.15, 0.2) is 0 Å². The van der Waals surface area contributed by atoms with Gasteiger partial charge >= 0.3 is 0 Å². The van der Waals surface area contributed by atoms with Crippen LogP contribution in [0.25, 0.3) is 6.08 Å². The molecule has 5 nitrogen and oxygen atoms in total. The molecule has 0 aromatic heterocycles. The third-order valence-electron chi connectivity index (χ3n) is 4.58. The molecule has 0 atom stereocenters. The zero-order valence-corrected chi connectivity index (χ0v) is 18.5. The molecule has 0 spiro atoms. The van der Waals surface area contributed by atoms with Gasteiger partial charge in [0, 0.05) is 5.56 Å². The fraction of sp³-hybridized carbons (Fsp3) is 0.0417. The zero-order chi connectivity index (χ0) is 21.8. The number of para-hydroxylation sites is 1. The molecular formula is C24H15BrN2O3S. The van der Waals surface area contributed by atoms with Crippen molar-refractivity contribution in [3.8, 4) is 11.8 Å². The molecule has 0 N–H and O–H groups in total. The summed E-state index contributed by atoms with van der Waals surface area (Å²) in [5, 5.41) is 8.87. The van der Waals surface area contributed by atoms with Crippen LogP contribution in [0.3, 0.4) is 0 Å². The number of amides is 2. The van der Waals surface area contributed by atoms with Gasteiger partial charge in [-0.05, 0) is 69.7 Å². The molecule has 3 aromatic carbocycles. The van der Waals surface area contributed by atoms with E-state index < -0.39 is 0 Å². The predicted molar refractivity (Wildman–Crippen MR) is 125 cm³/mol. The molecule has 2 amide bonds. The van der Waals surface area contributed by atoms with Crippen molar-refractivity contribution >= 4 is 50.6 Å². The van der Waals surface area contributed by atoms with E-state index in [0.717, 1.165) is 22.9 Å². The van der Waals surface area contributed by atoms with Crippen LogP contribution in [-0.2, 0) is 11.4 Å². The molecule has 1 aliphatic rings. The van der Waals surface area contributed by atoms with Gasteiger partial charge in [0.05, 0.1) is 26.7 Å². The Morgan fingerprint density at radius 3 is 2.52 bits per heavy atom. The second kappa shape index (κ2) is 9.21. The fourth-order valence-corrected chi connectivity index (χ4v) is 4.41. The minimum Gasteiger partial charge on any atom is -0.488 e. The number of carbonyl (C=O) groups excluding carboxylic acids is 2. The summed E-state index contributed by atoms with van der Waals surface area (Å²) < 4.78 is 6.56. The van der Waals surface area contributed by atoms with Crippen LogP contribution in [0.15, 0.2) is 82.2 Å². The first-order valence-corrected chi connectivity index (χ1v) is 10.9. The highest BCUT2D eigenvalue weighted by Crippen LogP contribution is 2.36. The molecule has 0 unspecified atom stereocenters. The van der Waals surface area contributed by atoms with Crippen molar-refractivity contribution in [2.24, 2.45) is 0 Å². The molecule has 152 valence electrons. The Hall–Kier alpha value is -3.34. The Labute approximate surface area is 192 Å². The van der Waals surface area contributed by atoms with Crippen molar-refractivity contribution in [2.75, 3.05) is 4.90 Å². The van der Waals surface area contributed by atoms with Crippen molar-refractivity contribution < 1.29 is 14.3 Å². The Bertz CT molecular complexity index is 1240. The predicted octanol–water partition coefficient (Wildman–Crippen LogP) is 6.14. The summed E-state index contributed by atoms with van der Waals surface area (Å²) in [4.78, 5) is 26.6. The van der Waals surface area contributed by atoms with Gasteiger partial charge in [0.1, 0.15) is 12.4 Å². The third-order valence-corrected chi connectivity index (χ3v) is 6.07. The molecule has 0 bridgehead atoms. The Morgan fingerprint density at radius 1 is 1.03 bits per heavy atom. The molecule has 3 aromatic rings. The fourth-order valence-electron chi connectivity index (χ4n) is 3.05.